The first kappa shape index (κ1) is 10.9. The molecule has 0 aliphatic rings. The van der Waals surface area contributed by atoms with E-state index < -0.39 is 11.4 Å². The van der Waals surface area contributed by atoms with Gasteiger partial charge in [0.25, 0.3) is 0 Å². The Morgan fingerprint density at radius 2 is 2.21 bits per heavy atom. The minimum atomic E-state index is -1.08. The molecule has 1 rings (SSSR count). The fraction of sp³-hybridized carbons (Fsp3) is 0.400. The first-order valence-corrected chi connectivity index (χ1v) is 4.25. The Bertz CT molecular complexity index is 326. The lowest BCUT2D eigenvalue weighted by Crippen LogP contribution is -2.37. The van der Waals surface area contributed by atoms with Crippen molar-refractivity contribution in [2.45, 2.75) is 12.5 Å². The second-order valence-electron chi connectivity index (χ2n) is 3.40. The number of halogens is 1. The molecule has 0 radical (unpaired) electrons. The zero-order chi connectivity index (χ0) is 10.8. The molecule has 1 aromatic carbocycles. The van der Waals surface area contributed by atoms with E-state index >= 15 is 0 Å². The molecule has 0 aliphatic carbocycles. The van der Waals surface area contributed by atoms with Crippen molar-refractivity contribution < 1.29 is 14.2 Å². The van der Waals surface area contributed by atoms with E-state index in [0.29, 0.717) is 0 Å². The van der Waals surface area contributed by atoms with E-state index in [1.807, 2.05) is 0 Å². The summed E-state index contributed by atoms with van der Waals surface area (Å²) in [5.74, 6) is -0.387. The minimum Gasteiger partial charge on any atom is -0.494 e. The Labute approximate surface area is 82.3 Å². The van der Waals surface area contributed by atoms with Crippen LogP contribution in [0.1, 0.15) is 12.5 Å². The summed E-state index contributed by atoms with van der Waals surface area (Å²) in [6, 6.07) is 4.68. The van der Waals surface area contributed by atoms with Crippen LogP contribution in [0.15, 0.2) is 18.2 Å². The molecule has 4 heteroatoms. The molecule has 0 aliphatic heterocycles. The van der Waals surface area contributed by atoms with Crippen LogP contribution in [0.2, 0.25) is 0 Å². The third-order valence-electron chi connectivity index (χ3n) is 2.13. The lowest BCUT2D eigenvalue weighted by atomic mass is 9.93. The van der Waals surface area contributed by atoms with Crippen LogP contribution >= 0.6 is 0 Å². The van der Waals surface area contributed by atoms with Gasteiger partial charge in [0.05, 0.1) is 19.3 Å². The zero-order valence-electron chi connectivity index (χ0n) is 8.25. The van der Waals surface area contributed by atoms with Gasteiger partial charge in [-0.15, -0.1) is 0 Å². The van der Waals surface area contributed by atoms with E-state index in [-0.39, 0.29) is 17.9 Å². The molecule has 0 saturated carbocycles. The van der Waals surface area contributed by atoms with Crippen molar-refractivity contribution in [1.29, 1.82) is 0 Å². The lowest BCUT2D eigenvalue weighted by Gasteiger charge is -2.23. The van der Waals surface area contributed by atoms with Gasteiger partial charge in [-0.25, -0.2) is 4.39 Å². The van der Waals surface area contributed by atoms with Gasteiger partial charge in [0.15, 0.2) is 11.6 Å². The summed E-state index contributed by atoms with van der Waals surface area (Å²) in [7, 11) is 1.38. The molecule has 0 heterocycles. The van der Waals surface area contributed by atoms with Gasteiger partial charge < -0.3 is 15.6 Å². The number of hydrogen-bond donors (Lipinski definition) is 2. The van der Waals surface area contributed by atoms with Crippen LogP contribution in [0.5, 0.6) is 5.75 Å². The van der Waals surface area contributed by atoms with Gasteiger partial charge in [-0.2, -0.15) is 0 Å². The summed E-state index contributed by atoms with van der Waals surface area (Å²) in [6.07, 6.45) is 0. The Balaban J connectivity index is 3.22. The summed E-state index contributed by atoms with van der Waals surface area (Å²) in [6.45, 7) is 1.24. The second kappa shape index (κ2) is 3.94. The highest BCUT2D eigenvalue weighted by Crippen LogP contribution is 2.26. The van der Waals surface area contributed by atoms with Crippen molar-refractivity contribution in [3.63, 3.8) is 0 Å². The largest absolute Gasteiger partial charge is 0.494 e. The molecule has 1 atom stereocenters. The highest BCUT2D eigenvalue weighted by atomic mass is 19.1. The van der Waals surface area contributed by atoms with Gasteiger partial charge in [-0.1, -0.05) is 12.1 Å². The maximum atomic E-state index is 13.6. The van der Waals surface area contributed by atoms with Crippen LogP contribution in [-0.2, 0) is 5.54 Å². The Morgan fingerprint density at radius 3 is 2.71 bits per heavy atom. The average Bonchev–Trinajstić information content (AvgIpc) is 2.18. The molecule has 0 bridgehead atoms. The monoisotopic (exact) mass is 199 g/mol. The molecule has 14 heavy (non-hydrogen) atoms. The van der Waals surface area contributed by atoms with Crippen molar-refractivity contribution >= 4 is 0 Å². The standard InChI is InChI=1S/C10H14FNO2/c1-10(12,6-13)7-4-3-5-8(14-2)9(7)11/h3-5,13H,6,12H2,1-2H3. The van der Waals surface area contributed by atoms with Gasteiger partial charge in [0.1, 0.15) is 0 Å². The van der Waals surface area contributed by atoms with Gasteiger partial charge in [-0.05, 0) is 13.0 Å². The third kappa shape index (κ3) is 1.86. The number of benzene rings is 1. The lowest BCUT2D eigenvalue weighted by molar-refractivity contribution is 0.205. The highest BCUT2D eigenvalue weighted by molar-refractivity contribution is 5.35. The number of rotatable bonds is 3. The highest BCUT2D eigenvalue weighted by Gasteiger charge is 2.25. The third-order valence-corrected chi connectivity index (χ3v) is 2.13. The fourth-order valence-electron chi connectivity index (χ4n) is 1.19. The molecular formula is C10H14FNO2. The van der Waals surface area contributed by atoms with Gasteiger partial charge in [0.2, 0.25) is 0 Å². The number of hydrogen-bond acceptors (Lipinski definition) is 3. The summed E-state index contributed by atoms with van der Waals surface area (Å²) < 4.78 is 18.5. The van der Waals surface area contributed by atoms with Crippen LogP contribution in [0.25, 0.3) is 0 Å². The predicted molar refractivity (Wildman–Crippen MR) is 51.6 cm³/mol. The van der Waals surface area contributed by atoms with E-state index in [0.717, 1.165) is 0 Å². The first-order chi connectivity index (χ1) is 6.53. The maximum Gasteiger partial charge on any atom is 0.170 e. The molecule has 1 unspecified atom stereocenters. The van der Waals surface area contributed by atoms with E-state index in [2.05, 4.69) is 0 Å². The van der Waals surface area contributed by atoms with Gasteiger partial charge in [0, 0.05) is 5.56 Å². The van der Waals surface area contributed by atoms with E-state index in [1.165, 1.54) is 19.2 Å². The van der Waals surface area contributed by atoms with Crippen LogP contribution < -0.4 is 10.5 Å². The molecule has 3 N–H and O–H groups in total. The zero-order valence-corrected chi connectivity index (χ0v) is 8.25. The fourth-order valence-corrected chi connectivity index (χ4v) is 1.19. The van der Waals surface area contributed by atoms with Crippen LogP contribution in [0.3, 0.4) is 0 Å². The summed E-state index contributed by atoms with van der Waals surface area (Å²) >= 11 is 0. The Kier molecular flexibility index (Phi) is 3.08. The molecule has 1 aromatic rings. The SMILES string of the molecule is COc1cccc(C(C)(N)CO)c1F. The normalized spacial score (nSPS) is 14.9. The molecule has 0 amide bonds. The van der Waals surface area contributed by atoms with E-state index in [4.69, 9.17) is 15.6 Å². The van der Waals surface area contributed by atoms with Crippen LogP contribution in [0, 0.1) is 5.82 Å². The first-order valence-electron chi connectivity index (χ1n) is 4.25. The number of ether oxygens (including phenoxy) is 1. The molecular weight excluding hydrogens is 185 g/mol. The minimum absolute atomic E-state index is 0.132. The Morgan fingerprint density at radius 1 is 1.57 bits per heavy atom. The van der Waals surface area contributed by atoms with Gasteiger partial charge >= 0.3 is 0 Å². The van der Waals surface area contributed by atoms with Crippen molar-refractivity contribution in [1.82, 2.24) is 0 Å². The predicted octanol–water partition coefficient (Wildman–Crippen LogP) is 1.00. The molecule has 3 nitrogen and oxygen atoms in total. The smallest absolute Gasteiger partial charge is 0.170 e. The van der Waals surface area contributed by atoms with Crippen molar-refractivity contribution in [3.05, 3.63) is 29.6 Å². The number of nitrogens with two attached hydrogens (primary N) is 1. The van der Waals surface area contributed by atoms with Gasteiger partial charge in [-0.3, -0.25) is 0 Å². The number of aliphatic hydroxyl groups excluding tert-OH is 1. The second-order valence-corrected chi connectivity index (χ2v) is 3.40. The molecule has 0 spiro atoms. The summed E-state index contributed by atoms with van der Waals surface area (Å²) in [4.78, 5) is 0. The van der Waals surface area contributed by atoms with E-state index in [1.54, 1.807) is 13.0 Å². The van der Waals surface area contributed by atoms with E-state index in [9.17, 15) is 4.39 Å². The average molecular weight is 199 g/mol. The topological polar surface area (TPSA) is 55.5 Å². The molecule has 0 saturated heterocycles. The molecule has 0 aromatic heterocycles. The van der Waals surface area contributed by atoms with Crippen molar-refractivity contribution in [3.8, 4) is 5.75 Å². The van der Waals surface area contributed by atoms with Crippen LogP contribution in [-0.4, -0.2) is 18.8 Å². The van der Waals surface area contributed by atoms with Crippen molar-refractivity contribution in [2.75, 3.05) is 13.7 Å². The number of aliphatic hydroxyl groups is 1. The molecule has 78 valence electrons. The molecule has 0 fully saturated rings. The summed E-state index contributed by atoms with van der Waals surface area (Å²) in [5.41, 5.74) is 4.88. The maximum absolute atomic E-state index is 13.6. The summed E-state index contributed by atoms with van der Waals surface area (Å²) in [5, 5.41) is 9.00. The van der Waals surface area contributed by atoms with Crippen molar-refractivity contribution in [2.24, 2.45) is 5.73 Å². The Hall–Kier alpha value is -1.13. The quantitative estimate of drug-likeness (QED) is 0.763. The van der Waals surface area contributed by atoms with Crippen LogP contribution in [0.4, 0.5) is 4.39 Å². The number of methoxy groups -OCH3 is 1.